The van der Waals surface area contributed by atoms with Crippen molar-refractivity contribution in [1.82, 2.24) is 0 Å². The Morgan fingerprint density at radius 3 is 2.64 bits per heavy atom. The van der Waals surface area contributed by atoms with Crippen LogP contribution >= 0.6 is 27.7 Å². The fraction of sp³-hybridized carbons (Fsp3) is 1.00. The topological polar surface area (TPSA) is 0 Å². The molecule has 0 saturated carbocycles. The first kappa shape index (κ1) is 11.8. The maximum absolute atomic E-state index is 3.48. The van der Waals surface area contributed by atoms with Crippen molar-refractivity contribution in [1.29, 1.82) is 0 Å². The Morgan fingerprint density at radius 2 is 2.09 bits per heavy atom. The van der Waals surface area contributed by atoms with E-state index in [0.717, 1.165) is 11.2 Å². The number of halogens is 1. The van der Waals surface area contributed by atoms with Crippen LogP contribution < -0.4 is 0 Å². The molecule has 0 saturated heterocycles. The minimum absolute atomic E-state index is 0.835. The van der Waals surface area contributed by atoms with Crippen LogP contribution in [-0.4, -0.2) is 16.8 Å². The van der Waals surface area contributed by atoms with Gasteiger partial charge in [0.1, 0.15) is 0 Å². The maximum atomic E-state index is 3.48. The molecule has 0 N–H and O–H groups in total. The number of hydrogen-bond donors (Lipinski definition) is 0. The van der Waals surface area contributed by atoms with E-state index in [0.29, 0.717) is 0 Å². The zero-order valence-corrected chi connectivity index (χ0v) is 10.0. The van der Waals surface area contributed by atoms with Gasteiger partial charge in [0.05, 0.1) is 0 Å². The van der Waals surface area contributed by atoms with Gasteiger partial charge >= 0.3 is 0 Å². The van der Waals surface area contributed by atoms with E-state index < -0.39 is 0 Å². The van der Waals surface area contributed by atoms with Gasteiger partial charge in [-0.3, -0.25) is 0 Å². The van der Waals surface area contributed by atoms with Crippen molar-refractivity contribution in [2.24, 2.45) is 5.92 Å². The first-order valence-electron chi connectivity index (χ1n) is 4.45. The molecule has 0 nitrogen and oxygen atoms in total. The van der Waals surface area contributed by atoms with Crippen molar-refractivity contribution in [2.45, 2.75) is 33.1 Å². The third kappa shape index (κ3) is 8.74. The van der Waals surface area contributed by atoms with E-state index in [1.165, 1.54) is 30.8 Å². The molecule has 0 aliphatic rings. The minimum atomic E-state index is 0.835. The first-order chi connectivity index (χ1) is 5.31. The summed E-state index contributed by atoms with van der Waals surface area (Å²) in [7, 11) is 0. The second-order valence-electron chi connectivity index (χ2n) is 3.04. The van der Waals surface area contributed by atoms with Gasteiger partial charge in [0.2, 0.25) is 0 Å². The van der Waals surface area contributed by atoms with Crippen LogP contribution in [0.25, 0.3) is 0 Å². The van der Waals surface area contributed by atoms with E-state index in [4.69, 9.17) is 0 Å². The fourth-order valence-electron chi connectivity index (χ4n) is 0.783. The quantitative estimate of drug-likeness (QED) is 0.479. The summed E-state index contributed by atoms with van der Waals surface area (Å²) < 4.78 is 0. The normalized spacial score (nSPS) is 13.4. The summed E-state index contributed by atoms with van der Waals surface area (Å²) in [6, 6.07) is 0. The molecule has 0 aliphatic heterocycles. The Kier molecular flexibility index (Phi) is 9.60. The molecule has 11 heavy (non-hydrogen) atoms. The summed E-state index contributed by atoms with van der Waals surface area (Å²) in [4.78, 5) is 0. The van der Waals surface area contributed by atoms with Crippen molar-refractivity contribution >= 4 is 27.7 Å². The standard InChI is InChI=1S/C9H19BrS/c1-3-4-5-6-11-8-9(2)7-10/h9H,3-8H2,1-2H3. The summed E-state index contributed by atoms with van der Waals surface area (Å²) in [6.45, 7) is 4.55. The van der Waals surface area contributed by atoms with Crippen molar-refractivity contribution in [2.75, 3.05) is 16.8 Å². The van der Waals surface area contributed by atoms with E-state index in [-0.39, 0.29) is 0 Å². The molecule has 1 atom stereocenters. The van der Waals surface area contributed by atoms with Crippen LogP contribution in [0.4, 0.5) is 0 Å². The summed E-state index contributed by atoms with van der Waals surface area (Å²) >= 11 is 5.58. The number of rotatable bonds is 7. The Labute approximate surface area is 83.6 Å². The minimum Gasteiger partial charge on any atom is -0.162 e. The van der Waals surface area contributed by atoms with Gasteiger partial charge in [0, 0.05) is 5.33 Å². The van der Waals surface area contributed by atoms with E-state index >= 15 is 0 Å². The van der Waals surface area contributed by atoms with E-state index in [1.54, 1.807) is 0 Å². The lowest BCUT2D eigenvalue weighted by atomic mass is 10.3. The number of alkyl halides is 1. The average Bonchev–Trinajstić information content (AvgIpc) is 2.04. The summed E-state index contributed by atoms with van der Waals surface area (Å²) in [5, 5.41) is 1.15. The highest BCUT2D eigenvalue weighted by molar-refractivity contribution is 9.09. The highest BCUT2D eigenvalue weighted by Gasteiger charge is 1.98. The first-order valence-corrected chi connectivity index (χ1v) is 6.72. The van der Waals surface area contributed by atoms with Gasteiger partial charge in [0.25, 0.3) is 0 Å². The molecule has 0 aromatic rings. The van der Waals surface area contributed by atoms with Crippen LogP contribution in [0, 0.1) is 5.92 Å². The molecule has 0 fully saturated rings. The highest BCUT2D eigenvalue weighted by Crippen LogP contribution is 2.12. The Bertz CT molecular complexity index is 76.0. The smallest absolute Gasteiger partial charge is 0.00649 e. The fourth-order valence-corrected chi connectivity index (χ4v) is 2.41. The van der Waals surface area contributed by atoms with Gasteiger partial charge in [-0.1, -0.05) is 42.6 Å². The zero-order valence-electron chi connectivity index (χ0n) is 7.61. The van der Waals surface area contributed by atoms with Gasteiger partial charge in [-0.15, -0.1) is 0 Å². The van der Waals surface area contributed by atoms with Gasteiger partial charge in [-0.2, -0.15) is 11.8 Å². The monoisotopic (exact) mass is 238 g/mol. The van der Waals surface area contributed by atoms with Crippen molar-refractivity contribution in [3.8, 4) is 0 Å². The molecule has 0 amide bonds. The van der Waals surface area contributed by atoms with Crippen molar-refractivity contribution < 1.29 is 0 Å². The third-order valence-electron chi connectivity index (χ3n) is 1.56. The average molecular weight is 239 g/mol. The van der Waals surface area contributed by atoms with Gasteiger partial charge in [0.15, 0.2) is 0 Å². The molecule has 0 rings (SSSR count). The summed E-state index contributed by atoms with van der Waals surface area (Å²) in [5.41, 5.74) is 0. The van der Waals surface area contributed by atoms with Crippen LogP contribution in [0.1, 0.15) is 33.1 Å². The summed E-state index contributed by atoms with van der Waals surface area (Å²) in [6.07, 6.45) is 4.14. The van der Waals surface area contributed by atoms with E-state index in [2.05, 4.69) is 41.5 Å². The van der Waals surface area contributed by atoms with Crippen LogP contribution in [0.2, 0.25) is 0 Å². The second-order valence-corrected chi connectivity index (χ2v) is 4.84. The zero-order chi connectivity index (χ0) is 8.53. The van der Waals surface area contributed by atoms with Crippen LogP contribution in [0.15, 0.2) is 0 Å². The molecule has 1 unspecified atom stereocenters. The van der Waals surface area contributed by atoms with Crippen molar-refractivity contribution in [3.05, 3.63) is 0 Å². The molecule has 0 bridgehead atoms. The van der Waals surface area contributed by atoms with Crippen LogP contribution in [0.3, 0.4) is 0 Å². The number of thioether (sulfide) groups is 1. The lowest BCUT2D eigenvalue weighted by Gasteiger charge is -2.05. The molecular formula is C9H19BrS. The van der Waals surface area contributed by atoms with Crippen LogP contribution in [0.5, 0.6) is 0 Å². The second kappa shape index (κ2) is 8.92. The lowest BCUT2D eigenvalue weighted by Crippen LogP contribution is -1.99. The molecule has 2 heteroatoms. The molecule has 0 aromatic carbocycles. The number of hydrogen-bond acceptors (Lipinski definition) is 1. The van der Waals surface area contributed by atoms with Crippen molar-refractivity contribution in [3.63, 3.8) is 0 Å². The van der Waals surface area contributed by atoms with E-state index in [9.17, 15) is 0 Å². The Balaban J connectivity index is 2.89. The van der Waals surface area contributed by atoms with Gasteiger partial charge in [-0.25, -0.2) is 0 Å². The largest absolute Gasteiger partial charge is 0.162 e. The predicted octanol–water partition coefficient (Wildman–Crippen LogP) is 3.94. The molecule has 0 aromatic heterocycles. The Hall–Kier alpha value is 0.830. The molecule has 0 aliphatic carbocycles. The molecule has 0 heterocycles. The predicted molar refractivity (Wildman–Crippen MR) is 59.8 cm³/mol. The Morgan fingerprint density at radius 1 is 1.36 bits per heavy atom. The molecule has 0 radical (unpaired) electrons. The van der Waals surface area contributed by atoms with Gasteiger partial charge in [-0.05, 0) is 23.8 Å². The molecule has 0 spiro atoms. The molecule has 68 valence electrons. The van der Waals surface area contributed by atoms with Gasteiger partial charge < -0.3 is 0 Å². The third-order valence-corrected chi connectivity index (χ3v) is 4.05. The SMILES string of the molecule is CCCCCSCC(C)CBr. The van der Waals surface area contributed by atoms with Crippen LogP contribution in [-0.2, 0) is 0 Å². The summed E-state index contributed by atoms with van der Waals surface area (Å²) in [5.74, 6) is 3.50. The maximum Gasteiger partial charge on any atom is 0.00649 e. The highest BCUT2D eigenvalue weighted by atomic mass is 79.9. The van der Waals surface area contributed by atoms with E-state index in [1.807, 2.05) is 0 Å². The number of unbranched alkanes of at least 4 members (excludes halogenated alkanes) is 2. The molecular weight excluding hydrogens is 220 g/mol. The lowest BCUT2D eigenvalue weighted by molar-refractivity contribution is 0.759.